The Morgan fingerprint density at radius 3 is 2.88 bits per heavy atom. The average Bonchev–Trinajstić information content (AvgIpc) is 2.30. The Morgan fingerprint density at radius 1 is 1.47 bits per heavy atom. The van der Waals surface area contributed by atoms with Crippen LogP contribution in [0.1, 0.15) is 19.3 Å². The van der Waals surface area contributed by atoms with Crippen LogP contribution in [-0.2, 0) is 0 Å². The van der Waals surface area contributed by atoms with E-state index >= 15 is 0 Å². The highest BCUT2D eigenvalue weighted by Gasteiger charge is 2.00. The first kappa shape index (κ1) is 14.4. The predicted molar refractivity (Wildman–Crippen MR) is 79.9 cm³/mol. The largest absolute Gasteiger partial charge is 0.409 e. The maximum atomic E-state index is 8.36. The molecule has 0 spiro atoms. The molecular weight excluding hydrogens is 352 g/mol. The van der Waals surface area contributed by atoms with Crippen LogP contribution in [0.3, 0.4) is 0 Å². The zero-order valence-corrected chi connectivity index (χ0v) is 12.2. The Morgan fingerprint density at radius 2 is 2.24 bits per heavy atom. The van der Waals surface area contributed by atoms with Crippen molar-refractivity contribution in [2.24, 2.45) is 10.9 Å². The molecule has 0 aliphatic carbocycles. The van der Waals surface area contributed by atoms with Crippen molar-refractivity contribution in [3.8, 4) is 0 Å². The Bertz CT molecular complexity index is 398. The number of amidine groups is 1. The molecule has 4 N–H and O–H groups in total. The van der Waals surface area contributed by atoms with Crippen LogP contribution < -0.4 is 11.1 Å². The number of nitrogens with two attached hydrogens (primary N) is 1. The second kappa shape index (κ2) is 7.60. The number of nitrogens with one attached hydrogen (secondary N) is 1. The van der Waals surface area contributed by atoms with Crippen molar-refractivity contribution in [2.45, 2.75) is 19.3 Å². The van der Waals surface area contributed by atoms with Crippen LogP contribution in [0, 0.1) is 3.57 Å². The van der Waals surface area contributed by atoms with Crippen molar-refractivity contribution >= 4 is 45.7 Å². The lowest BCUT2D eigenvalue weighted by Crippen LogP contribution is -2.11. The molecule has 0 heterocycles. The Balaban J connectivity index is 2.27. The van der Waals surface area contributed by atoms with Crippen molar-refractivity contribution in [3.63, 3.8) is 0 Å². The summed E-state index contributed by atoms with van der Waals surface area (Å²) >= 11 is 8.30. The molecule has 1 aromatic carbocycles. The average molecular weight is 368 g/mol. The number of nitrogens with zero attached hydrogens (tertiary/aromatic N) is 1. The minimum Gasteiger partial charge on any atom is -0.409 e. The van der Waals surface area contributed by atoms with E-state index < -0.39 is 0 Å². The van der Waals surface area contributed by atoms with Gasteiger partial charge in [-0.15, -0.1) is 0 Å². The first-order chi connectivity index (χ1) is 8.13. The molecule has 0 fully saturated rings. The van der Waals surface area contributed by atoms with E-state index in [1.165, 1.54) is 0 Å². The third kappa shape index (κ3) is 5.45. The van der Waals surface area contributed by atoms with Gasteiger partial charge in [-0.05, 0) is 53.6 Å². The molecule has 6 heteroatoms. The summed E-state index contributed by atoms with van der Waals surface area (Å²) in [6.45, 7) is 0.818. The van der Waals surface area contributed by atoms with Crippen LogP contribution in [0.5, 0.6) is 0 Å². The molecule has 0 radical (unpaired) electrons. The van der Waals surface area contributed by atoms with E-state index in [4.69, 9.17) is 22.5 Å². The monoisotopic (exact) mass is 367 g/mol. The summed E-state index contributed by atoms with van der Waals surface area (Å²) < 4.78 is 1.12. The van der Waals surface area contributed by atoms with Gasteiger partial charge in [-0.25, -0.2) is 0 Å². The quantitative estimate of drug-likeness (QED) is 0.180. The highest BCUT2D eigenvalue weighted by molar-refractivity contribution is 14.1. The molecule has 94 valence electrons. The fourth-order valence-corrected chi connectivity index (χ4v) is 2.26. The lowest BCUT2D eigenvalue weighted by molar-refractivity contribution is 0.316. The third-order valence-corrected chi connectivity index (χ3v) is 3.22. The molecule has 0 saturated heterocycles. The van der Waals surface area contributed by atoms with Gasteiger partial charge < -0.3 is 16.3 Å². The van der Waals surface area contributed by atoms with Crippen molar-refractivity contribution < 1.29 is 5.21 Å². The Kier molecular flexibility index (Phi) is 6.43. The molecule has 0 aliphatic rings. The van der Waals surface area contributed by atoms with Crippen molar-refractivity contribution in [1.82, 2.24) is 0 Å². The van der Waals surface area contributed by atoms with Gasteiger partial charge in [-0.3, -0.25) is 0 Å². The predicted octanol–water partition coefficient (Wildman–Crippen LogP) is 3.27. The molecule has 0 aromatic heterocycles. The highest BCUT2D eigenvalue weighted by Crippen LogP contribution is 2.23. The van der Waals surface area contributed by atoms with Gasteiger partial charge in [0, 0.05) is 16.5 Å². The maximum Gasteiger partial charge on any atom is 0.139 e. The lowest BCUT2D eigenvalue weighted by Gasteiger charge is -2.08. The molecule has 1 rings (SSSR count). The number of rotatable bonds is 6. The smallest absolute Gasteiger partial charge is 0.139 e. The topological polar surface area (TPSA) is 70.6 Å². The van der Waals surface area contributed by atoms with E-state index in [9.17, 15) is 0 Å². The van der Waals surface area contributed by atoms with Gasteiger partial charge in [-0.1, -0.05) is 16.8 Å². The second-order valence-electron chi connectivity index (χ2n) is 3.60. The zero-order chi connectivity index (χ0) is 12.7. The molecule has 1 aromatic rings. The van der Waals surface area contributed by atoms with Gasteiger partial charge >= 0.3 is 0 Å². The SMILES string of the molecule is N/C(CCCCNc1ccc(I)cc1Cl)=N/O. The van der Waals surface area contributed by atoms with E-state index in [-0.39, 0.29) is 5.84 Å². The summed E-state index contributed by atoms with van der Waals surface area (Å²) in [4.78, 5) is 0. The van der Waals surface area contributed by atoms with Crippen molar-refractivity contribution in [2.75, 3.05) is 11.9 Å². The minimum absolute atomic E-state index is 0.275. The van der Waals surface area contributed by atoms with Gasteiger partial charge in [-0.2, -0.15) is 0 Å². The highest BCUT2D eigenvalue weighted by atomic mass is 127. The van der Waals surface area contributed by atoms with Crippen LogP contribution in [0.15, 0.2) is 23.4 Å². The fourth-order valence-electron chi connectivity index (χ4n) is 1.34. The first-order valence-corrected chi connectivity index (χ1v) is 6.74. The van der Waals surface area contributed by atoms with Gasteiger partial charge in [0.05, 0.1) is 10.7 Å². The summed E-state index contributed by atoms with van der Waals surface area (Å²) in [7, 11) is 0. The Labute approximate surface area is 119 Å². The van der Waals surface area contributed by atoms with E-state index in [1.54, 1.807) is 0 Å². The van der Waals surface area contributed by atoms with Gasteiger partial charge in [0.1, 0.15) is 5.84 Å². The summed E-state index contributed by atoms with van der Waals surface area (Å²) in [5.74, 6) is 0.275. The Hall–Kier alpha value is -0.690. The molecule has 0 atom stereocenters. The normalized spacial score (nSPS) is 11.5. The number of benzene rings is 1. The first-order valence-electron chi connectivity index (χ1n) is 5.29. The van der Waals surface area contributed by atoms with Crippen molar-refractivity contribution in [1.29, 1.82) is 0 Å². The van der Waals surface area contributed by atoms with Crippen LogP contribution in [0.4, 0.5) is 5.69 Å². The molecule has 0 aliphatic heterocycles. The van der Waals surface area contributed by atoms with E-state index in [0.717, 1.165) is 33.7 Å². The maximum absolute atomic E-state index is 8.36. The molecule has 0 bridgehead atoms. The summed E-state index contributed by atoms with van der Waals surface area (Å²) in [5.41, 5.74) is 6.31. The number of hydrogen-bond acceptors (Lipinski definition) is 3. The van der Waals surface area contributed by atoms with Gasteiger partial charge in [0.15, 0.2) is 0 Å². The number of anilines is 1. The van der Waals surface area contributed by atoms with E-state index in [2.05, 4.69) is 33.1 Å². The number of unbranched alkanes of at least 4 members (excludes halogenated alkanes) is 1. The molecular formula is C11H15ClIN3O. The molecule has 0 saturated carbocycles. The molecule has 0 unspecified atom stereocenters. The third-order valence-electron chi connectivity index (χ3n) is 2.23. The lowest BCUT2D eigenvalue weighted by atomic mass is 10.2. The zero-order valence-electron chi connectivity index (χ0n) is 9.29. The van der Waals surface area contributed by atoms with Gasteiger partial charge in [0.2, 0.25) is 0 Å². The van der Waals surface area contributed by atoms with Crippen LogP contribution in [-0.4, -0.2) is 17.6 Å². The number of oxime groups is 1. The number of hydrogen-bond donors (Lipinski definition) is 3. The van der Waals surface area contributed by atoms with Crippen molar-refractivity contribution in [3.05, 3.63) is 26.8 Å². The van der Waals surface area contributed by atoms with E-state index in [0.29, 0.717) is 6.42 Å². The second-order valence-corrected chi connectivity index (χ2v) is 5.25. The number of halogens is 2. The van der Waals surface area contributed by atoms with Crippen LogP contribution in [0.25, 0.3) is 0 Å². The van der Waals surface area contributed by atoms with E-state index in [1.807, 2.05) is 18.2 Å². The molecule has 17 heavy (non-hydrogen) atoms. The summed E-state index contributed by atoms with van der Waals surface area (Å²) in [6, 6.07) is 5.89. The minimum atomic E-state index is 0.275. The summed E-state index contributed by atoms with van der Waals surface area (Å²) in [6.07, 6.45) is 2.43. The molecule has 0 amide bonds. The standard InChI is InChI=1S/C11H15ClIN3O/c12-9-7-8(13)4-5-10(9)15-6-2-1-3-11(14)16-17/h4-5,7,15,17H,1-3,6H2,(H2,14,16). The summed E-state index contributed by atoms with van der Waals surface area (Å²) in [5, 5.41) is 15.3. The molecule has 4 nitrogen and oxygen atoms in total. The van der Waals surface area contributed by atoms with Crippen LogP contribution >= 0.6 is 34.2 Å². The fraction of sp³-hybridized carbons (Fsp3) is 0.364. The van der Waals surface area contributed by atoms with Crippen LogP contribution in [0.2, 0.25) is 5.02 Å². The van der Waals surface area contributed by atoms with Gasteiger partial charge in [0.25, 0.3) is 0 Å².